The van der Waals surface area contributed by atoms with Gasteiger partial charge in [-0.05, 0) is 37.3 Å². The van der Waals surface area contributed by atoms with E-state index in [1.807, 2.05) is 30.0 Å². The lowest BCUT2D eigenvalue weighted by Crippen LogP contribution is -2.54. The second kappa shape index (κ2) is 8.87. The zero-order chi connectivity index (χ0) is 18.5. The molecule has 2 fully saturated rings. The van der Waals surface area contributed by atoms with E-state index in [9.17, 15) is 9.59 Å². The van der Waals surface area contributed by atoms with Crippen molar-refractivity contribution in [1.82, 2.24) is 10.2 Å². The van der Waals surface area contributed by atoms with Gasteiger partial charge in [0, 0.05) is 18.1 Å². The third kappa shape index (κ3) is 4.38. The quantitative estimate of drug-likeness (QED) is 0.855. The summed E-state index contributed by atoms with van der Waals surface area (Å²) in [6.07, 6.45) is 5.41. The summed E-state index contributed by atoms with van der Waals surface area (Å²) in [6.45, 7) is 3.29. The molecular formula is C20H27ClN2O3. The number of morpholine rings is 1. The van der Waals surface area contributed by atoms with Crippen molar-refractivity contribution < 1.29 is 14.3 Å². The first kappa shape index (κ1) is 19.2. The molecular weight excluding hydrogens is 352 g/mol. The fourth-order valence-corrected chi connectivity index (χ4v) is 4.22. The van der Waals surface area contributed by atoms with Crippen molar-refractivity contribution in [1.29, 1.82) is 0 Å². The monoisotopic (exact) mass is 378 g/mol. The van der Waals surface area contributed by atoms with Crippen molar-refractivity contribution >= 4 is 23.4 Å². The third-order valence-corrected chi connectivity index (χ3v) is 5.74. The molecule has 5 nitrogen and oxygen atoms in total. The van der Waals surface area contributed by atoms with E-state index >= 15 is 0 Å². The summed E-state index contributed by atoms with van der Waals surface area (Å²) in [5, 5.41) is 3.42. The second-order valence-electron chi connectivity index (χ2n) is 7.18. The Kier molecular flexibility index (Phi) is 6.54. The van der Waals surface area contributed by atoms with E-state index in [1.165, 1.54) is 32.1 Å². The van der Waals surface area contributed by atoms with Crippen LogP contribution in [-0.4, -0.2) is 42.5 Å². The van der Waals surface area contributed by atoms with Crippen molar-refractivity contribution in [3.8, 4) is 0 Å². The highest BCUT2D eigenvalue weighted by molar-refractivity contribution is 6.31. The smallest absolute Gasteiger partial charge is 0.254 e. The maximum absolute atomic E-state index is 13.2. The topological polar surface area (TPSA) is 58.6 Å². The van der Waals surface area contributed by atoms with E-state index in [4.69, 9.17) is 16.3 Å². The zero-order valence-corrected chi connectivity index (χ0v) is 16.0. The number of ether oxygens (including phenoxy) is 1. The molecule has 2 aliphatic rings. The fourth-order valence-electron chi connectivity index (χ4n) is 3.97. The Labute approximate surface area is 160 Å². The van der Waals surface area contributed by atoms with Crippen LogP contribution in [0.1, 0.15) is 50.6 Å². The van der Waals surface area contributed by atoms with Gasteiger partial charge in [-0.3, -0.25) is 9.59 Å². The Morgan fingerprint density at radius 1 is 1.27 bits per heavy atom. The summed E-state index contributed by atoms with van der Waals surface area (Å²) >= 11 is 6.31. The molecule has 2 atom stereocenters. The lowest BCUT2D eigenvalue weighted by Gasteiger charge is -2.36. The molecule has 6 heteroatoms. The van der Waals surface area contributed by atoms with Crippen LogP contribution < -0.4 is 5.32 Å². The number of amides is 2. The molecule has 0 radical (unpaired) electrons. The predicted molar refractivity (Wildman–Crippen MR) is 101 cm³/mol. The summed E-state index contributed by atoms with van der Waals surface area (Å²) < 4.78 is 5.68. The molecule has 1 saturated carbocycles. The number of hydrogen-bond acceptors (Lipinski definition) is 3. The Balaban J connectivity index is 1.77. The second-order valence-corrected chi connectivity index (χ2v) is 7.59. The molecule has 0 spiro atoms. The van der Waals surface area contributed by atoms with Crippen LogP contribution in [0.2, 0.25) is 5.02 Å². The Hall–Kier alpha value is -1.59. The van der Waals surface area contributed by atoms with Gasteiger partial charge in [-0.15, -0.1) is 0 Å². The molecule has 142 valence electrons. The van der Waals surface area contributed by atoms with Crippen LogP contribution in [0.4, 0.5) is 0 Å². The van der Waals surface area contributed by atoms with Gasteiger partial charge >= 0.3 is 0 Å². The van der Waals surface area contributed by atoms with Gasteiger partial charge in [0.15, 0.2) is 6.10 Å². The number of hydrogen-bond donors (Lipinski definition) is 1. The van der Waals surface area contributed by atoms with Gasteiger partial charge in [-0.2, -0.15) is 0 Å². The van der Waals surface area contributed by atoms with Crippen LogP contribution in [0, 0.1) is 5.92 Å². The predicted octanol–water partition coefficient (Wildman–Crippen LogP) is 3.32. The number of nitrogens with zero attached hydrogens (tertiary/aromatic N) is 1. The minimum atomic E-state index is -0.740. The number of halogens is 1. The van der Waals surface area contributed by atoms with Gasteiger partial charge in [-0.25, -0.2) is 0 Å². The largest absolute Gasteiger partial charge is 0.356 e. The van der Waals surface area contributed by atoms with Gasteiger partial charge in [0.25, 0.3) is 5.91 Å². The summed E-state index contributed by atoms with van der Waals surface area (Å²) in [7, 11) is 0. The number of nitrogens with one attached hydrogen (secondary N) is 1. The van der Waals surface area contributed by atoms with Crippen LogP contribution in [0.3, 0.4) is 0 Å². The Morgan fingerprint density at radius 3 is 2.69 bits per heavy atom. The SMILES string of the molecule is CCN(CC1CCCCC1)C(=O)[C@H]1OCC(=O)N[C@@H]1c1ccccc1Cl. The van der Waals surface area contributed by atoms with Gasteiger partial charge in [0.2, 0.25) is 5.91 Å². The summed E-state index contributed by atoms with van der Waals surface area (Å²) in [6, 6.07) is 6.72. The molecule has 0 aromatic heterocycles. The molecule has 1 N–H and O–H groups in total. The molecule has 1 aliphatic carbocycles. The van der Waals surface area contributed by atoms with Crippen molar-refractivity contribution in [2.75, 3.05) is 19.7 Å². The molecule has 1 saturated heterocycles. The van der Waals surface area contributed by atoms with Crippen LogP contribution in [-0.2, 0) is 14.3 Å². The number of likely N-dealkylation sites (N-methyl/N-ethyl adjacent to an activating group) is 1. The number of benzene rings is 1. The fraction of sp³-hybridized carbons (Fsp3) is 0.600. The molecule has 26 heavy (non-hydrogen) atoms. The average molecular weight is 379 g/mol. The first-order valence-electron chi connectivity index (χ1n) is 9.54. The first-order chi connectivity index (χ1) is 12.6. The van der Waals surface area contributed by atoms with Gasteiger partial charge in [-0.1, -0.05) is 49.1 Å². The number of rotatable bonds is 5. The van der Waals surface area contributed by atoms with Crippen molar-refractivity contribution in [2.24, 2.45) is 5.92 Å². The summed E-state index contributed by atoms with van der Waals surface area (Å²) in [5.74, 6) is 0.266. The van der Waals surface area contributed by atoms with E-state index < -0.39 is 12.1 Å². The maximum atomic E-state index is 13.2. The minimum Gasteiger partial charge on any atom is -0.356 e. The molecule has 1 aromatic rings. The summed E-state index contributed by atoms with van der Waals surface area (Å²) in [5.41, 5.74) is 0.717. The normalized spacial score (nSPS) is 24.2. The van der Waals surface area contributed by atoms with Crippen molar-refractivity contribution in [3.63, 3.8) is 0 Å². The van der Waals surface area contributed by atoms with Crippen LogP contribution >= 0.6 is 11.6 Å². The molecule has 0 bridgehead atoms. The van der Waals surface area contributed by atoms with E-state index in [0.29, 0.717) is 23.0 Å². The molecule has 2 amide bonds. The minimum absolute atomic E-state index is 0.0667. The van der Waals surface area contributed by atoms with Crippen LogP contribution in [0.15, 0.2) is 24.3 Å². The zero-order valence-electron chi connectivity index (χ0n) is 15.2. The highest BCUT2D eigenvalue weighted by Crippen LogP contribution is 2.30. The molecule has 1 aromatic carbocycles. The van der Waals surface area contributed by atoms with Crippen LogP contribution in [0.25, 0.3) is 0 Å². The van der Waals surface area contributed by atoms with E-state index in [-0.39, 0.29) is 18.4 Å². The Bertz CT molecular complexity index is 646. The summed E-state index contributed by atoms with van der Waals surface area (Å²) in [4.78, 5) is 27.0. The molecule has 0 unspecified atom stereocenters. The third-order valence-electron chi connectivity index (χ3n) is 5.39. The maximum Gasteiger partial charge on any atom is 0.254 e. The lowest BCUT2D eigenvalue weighted by atomic mass is 9.88. The van der Waals surface area contributed by atoms with Gasteiger partial charge < -0.3 is 15.0 Å². The molecule has 3 rings (SSSR count). The number of carbonyl (C=O) groups excluding carboxylic acids is 2. The lowest BCUT2D eigenvalue weighted by molar-refractivity contribution is -0.155. The average Bonchev–Trinajstić information content (AvgIpc) is 2.67. The molecule has 1 aliphatic heterocycles. The van der Waals surface area contributed by atoms with E-state index in [2.05, 4.69) is 5.32 Å². The van der Waals surface area contributed by atoms with Crippen LogP contribution in [0.5, 0.6) is 0 Å². The van der Waals surface area contributed by atoms with E-state index in [0.717, 1.165) is 6.54 Å². The number of carbonyl (C=O) groups is 2. The molecule has 1 heterocycles. The Morgan fingerprint density at radius 2 is 2.00 bits per heavy atom. The standard InChI is InChI=1S/C20H27ClN2O3/c1-2-23(12-14-8-4-3-5-9-14)20(25)19-18(22-17(24)13-26-19)15-10-6-7-11-16(15)21/h6-7,10-11,14,18-19H,2-5,8-9,12-13H2,1H3,(H,22,24)/t18-,19+/m1/s1. The van der Waals surface area contributed by atoms with Crippen molar-refractivity contribution in [2.45, 2.75) is 51.2 Å². The van der Waals surface area contributed by atoms with Gasteiger partial charge in [0.05, 0.1) is 6.04 Å². The highest BCUT2D eigenvalue weighted by Gasteiger charge is 2.39. The highest BCUT2D eigenvalue weighted by atomic mass is 35.5. The first-order valence-corrected chi connectivity index (χ1v) is 9.92. The van der Waals surface area contributed by atoms with Gasteiger partial charge in [0.1, 0.15) is 6.61 Å². The van der Waals surface area contributed by atoms with Crippen molar-refractivity contribution in [3.05, 3.63) is 34.9 Å². The van der Waals surface area contributed by atoms with E-state index in [1.54, 1.807) is 6.07 Å².